The average molecular weight is 324 g/mol. The summed E-state index contributed by atoms with van der Waals surface area (Å²) in [6, 6.07) is 7.43. The fourth-order valence-corrected chi connectivity index (χ4v) is 3.03. The zero-order valence-electron chi connectivity index (χ0n) is 12.0. The summed E-state index contributed by atoms with van der Waals surface area (Å²) in [7, 11) is 0. The third-order valence-corrected chi connectivity index (χ3v) is 3.97. The maximum atomic E-state index is 12.3. The third kappa shape index (κ3) is 4.72. The Bertz CT molecular complexity index is 601. The second-order valence-corrected chi connectivity index (χ2v) is 6.17. The zero-order valence-corrected chi connectivity index (χ0v) is 13.6. The molecule has 1 unspecified atom stereocenters. The first-order valence-electron chi connectivity index (χ1n) is 6.83. The van der Waals surface area contributed by atoms with Gasteiger partial charge in [-0.3, -0.25) is 4.79 Å². The number of carbonyl (C=O) groups excluding carboxylic acids is 1. The number of carbonyl (C=O) groups is 1. The van der Waals surface area contributed by atoms with Crippen LogP contribution in [-0.2, 0) is 6.42 Å². The molecule has 0 aliphatic carbocycles. The highest BCUT2D eigenvalue weighted by molar-refractivity contribution is 7.09. The van der Waals surface area contributed by atoms with E-state index in [0.717, 1.165) is 13.0 Å². The number of thiophene rings is 1. The van der Waals surface area contributed by atoms with Crippen LogP contribution in [0, 0.1) is 0 Å². The lowest BCUT2D eigenvalue weighted by Crippen LogP contribution is -2.34. The maximum Gasteiger partial charge on any atom is 0.251 e. The number of pyridine rings is 1. The molecule has 21 heavy (non-hydrogen) atoms. The van der Waals surface area contributed by atoms with Crippen LogP contribution < -0.4 is 10.6 Å². The van der Waals surface area contributed by atoms with Gasteiger partial charge in [0.05, 0.1) is 0 Å². The average Bonchev–Trinajstić information content (AvgIpc) is 2.91. The van der Waals surface area contributed by atoms with E-state index in [0.29, 0.717) is 16.5 Å². The van der Waals surface area contributed by atoms with Crippen LogP contribution in [-0.4, -0.2) is 23.5 Å². The molecular formula is C15H18ClN3OS. The van der Waals surface area contributed by atoms with Crippen LogP contribution >= 0.6 is 22.9 Å². The molecule has 0 radical (unpaired) electrons. The van der Waals surface area contributed by atoms with Gasteiger partial charge in [0.2, 0.25) is 0 Å². The molecule has 0 saturated carbocycles. The molecule has 0 aliphatic heterocycles. The molecule has 4 nitrogen and oxygen atoms in total. The molecule has 2 heterocycles. The number of hydrogen-bond acceptors (Lipinski definition) is 4. The molecule has 2 aromatic rings. The summed E-state index contributed by atoms with van der Waals surface area (Å²) in [5, 5.41) is 8.39. The number of rotatable bonds is 6. The monoisotopic (exact) mass is 323 g/mol. The molecule has 2 rings (SSSR count). The summed E-state index contributed by atoms with van der Waals surface area (Å²) in [6.07, 6.45) is 0.822. The summed E-state index contributed by atoms with van der Waals surface area (Å²) in [5.41, 5.74) is 0.518. The molecule has 2 N–H and O–H groups in total. The number of hydrogen-bond donors (Lipinski definition) is 2. The molecular weight excluding hydrogens is 306 g/mol. The normalized spacial score (nSPS) is 12.0. The van der Waals surface area contributed by atoms with Gasteiger partial charge in [-0.25, -0.2) is 4.98 Å². The first-order chi connectivity index (χ1) is 10.1. The maximum absolute atomic E-state index is 12.3. The Morgan fingerprint density at radius 3 is 2.95 bits per heavy atom. The predicted molar refractivity (Wildman–Crippen MR) is 88.4 cm³/mol. The summed E-state index contributed by atoms with van der Waals surface area (Å²) in [4.78, 5) is 17.6. The fourth-order valence-electron chi connectivity index (χ4n) is 1.99. The van der Waals surface area contributed by atoms with Crippen molar-refractivity contribution in [3.8, 4) is 0 Å². The van der Waals surface area contributed by atoms with E-state index in [4.69, 9.17) is 11.6 Å². The number of amides is 1. The van der Waals surface area contributed by atoms with Gasteiger partial charge in [0.15, 0.2) is 0 Å². The van der Waals surface area contributed by atoms with Gasteiger partial charge in [0, 0.05) is 29.4 Å². The Morgan fingerprint density at radius 1 is 1.48 bits per heavy atom. The van der Waals surface area contributed by atoms with E-state index in [9.17, 15) is 4.79 Å². The van der Waals surface area contributed by atoms with Crippen LogP contribution in [0.25, 0.3) is 0 Å². The zero-order chi connectivity index (χ0) is 15.2. The van der Waals surface area contributed by atoms with Crippen LogP contribution in [0.5, 0.6) is 0 Å². The molecule has 2 aromatic heterocycles. The Morgan fingerprint density at radius 2 is 2.29 bits per heavy atom. The van der Waals surface area contributed by atoms with Gasteiger partial charge in [-0.15, -0.1) is 11.3 Å². The number of halogens is 1. The minimum atomic E-state index is -0.137. The fraction of sp³-hybridized carbons (Fsp3) is 0.333. The lowest BCUT2D eigenvalue weighted by Gasteiger charge is -2.14. The molecule has 0 aliphatic rings. The van der Waals surface area contributed by atoms with Gasteiger partial charge in [-0.05, 0) is 37.4 Å². The van der Waals surface area contributed by atoms with Crippen molar-refractivity contribution in [1.82, 2.24) is 10.3 Å². The van der Waals surface area contributed by atoms with Crippen LogP contribution in [0.3, 0.4) is 0 Å². The van der Waals surface area contributed by atoms with Crippen LogP contribution in [0.4, 0.5) is 5.82 Å². The molecule has 0 bridgehead atoms. The van der Waals surface area contributed by atoms with E-state index in [-0.39, 0.29) is 11.9 Å². The lowest BCUT2D eigenvalue weighted by molar-refractivity contribution is 0.0940. The topological polar surface area (TPSA) is 54.0 Å². The Hall–Kier alpha value is -1.59. The summed E-state index contributed by atoms with van der Waals surface area (Å²) >= 11 is 7.65. The Kier molecular flexibility index (Phi) is 5.59. The SMILES string of the molecule is CCNc1cc(C(=O)NC(C)Cc2cccs2)cc(Cl)n1. The highest BCUT2D eigenvalue weighted by Crippen LogP contribution is 2.15. The minimum absolute atomic E-state index is 0.0608. The van der Waals surface area contributed by atoms with Crippen molar-refractivity contribution in [2.45, 2.75) is 26.3 Å². The lowest BCUT2D eigenvalue weighted by atomic mass is 10.2. The predicted octanol–water partition coefficient (Wildman–Crippen LogP) is 3.59. The first kappa shape index (κ1) is 15.8. The second-order valence-electron chi connectivity index (χ2n) is 4.75. The standard InChI is InChI=1S/C15H18ClN3OS/c1-3-17-14-9-11(8-13(16)19-14)15(20)18-10(2)7-12-5-4-6-21-12/h4-6,8-10H,3,7H2,1-2H3,(H,17,19)(H,18,20). The van der Waals surface area contributed by atoms with Crippen LogP contribution in [0.2, 0.25) is 5.15 Å². The van der Waals surface area contributed by atoms with Crippen molar-refractivity contribution in [1.29, 1.82) is 0 Å². The molecule has 112 valence electrons. The van der Waals surface area contributed by atoms with Gasteiger partial charge in [0.1, 0.15) is 11.0 Å². The smallest absolute Gasteiger partial charge is 0.251 e. The molecule has 0 saturated heterocycles. The van der Waals surface area contributed by atoms with Gasteiger partial charge in [-0.2, -0.15) is 0 Å². The van der Waals surface area contributed by atoms with Crippen molar-refractivity contribution in [2.24, 2.45) is 0 Å². The Labute approximate surface area is 133 Å². The Balaban J connectivity index is 2.02. The van der Waals surface area contributed by atoms with Crippen LogP contribution in [0.15, 0.2) is 29.6 Å². The number of aromatic nitrogens is 1. The molecule has 1 atom stereocenters. The van der Waals surface area contributed by atoms with Crippen molar-refractivity contribution in [3.63, 3.8) is 0 Å². The van der Waals surface area contributed by atoms with Crippen LogP contribution in [0.1, 0.15) is 29.1 Å². The summed E-state index contributed by atoms with van der Waals surface area (Å²) in [5.74, 6) is 0.476. The summed E-state index contributed by atoms with van der Waals surface area (Å²) < 4.78 is 0. The quantitative estimate of drug-likeness (QED) is 0.799. The van der Waals surface area contributed by atoms with Gasteiger partial charge in [0.25, 0.3) is 5.91 Å². The van der Waals surface area contributed by atoms with E-state index >= 15 is 0 Å². The van der Waals surface area contributed by atoms with E-state index in [2.05, 4.69) is 21.7 Å². The van der Waals surface area contributed by atoms with Crippen molar-refractivity contribution < 1.29 is 4.79 Å². The van der Waals surface area contributed by atoms with E-state index < -0.39 is 0 Å². The molecule has 0 spiro atoms. The minimum Gasteiger partial charge on any atom is -0.370 e. The third-order valence-electron chi connectivity index (χ3n) is 2.88. The number of anilines is 1. The molecule has 0 fully saturated rings. The highest BCUT2D eigenvalue weighted by atomic mass is 35.5. The molecule has 0 aromatic carbocycles. The van der Waals surface area contributed by atoms with E-state index in [1.54, 1.807) is 23.5 Å². The van der Waals surface area contributed by atoms with Crippen molar-refractivity contribution >= 4 is 34.7 Å². The largest absolute Gasteiger partial charge is 0.370 e. The van der Waals surface area contributed by atoms with E-state index in [1.807, 2.05) is 25.3 Å². The summed E-state index contributed by atoms with van der Waals surface area (Å²) in [6.45, 7) is 4.68. The first-order valence-corrected chi connectivity index (χ1v) is 8.09. The highest BCUT2D eigenvalue weighted by Gasteiger charge is 2.13. The van der Waals surface area contributed by atoms with Gasteiger partial charge >= 0.3 is 0 Å². The van der Waals surface area contributed by atoms with Crippen molar-refractivity contribution in [2.75, 3.05) is 11.9 Å². The van der Waals surface area contributed by atoms with Gasteiger partial charge in [-0.1, -0.05) is 17.7 Å². The van der Waals surface area contributed by atoms with Crippen molar-refractivity contribution in [3.05, 3.63) is 45.2 Å². The number of nitrogens with zero attached hydrogens (tertiary/aromatic N) is 1. The number of nitrogens with one attached hydrogen (secondary N) is 2. The van der Waals surface area contributed by atoms with Gasteiger partial charge < -0.3 is 10.6 Å². The van der Waals surface area contributed by atoms with E-state index in [1.165, 1.54) is 4.88 Å². The molecule has 6 heteroatoms. The second kappa shape index (κ2) is 7.43. The molecule has 1 amide bonds.